The largest absolute Gasteiger partial charge is 0.495 e. The molecule has 0 bridgehead atoms. The number of anilines is 1. The molecule has 0 saturated heterocycles. The minimum atomic E-state index is -3.21. The molecule has 1 aliphatic rings. The molecule has 2 heterocycles. The molecule has 0 spiro atoms. The number of aromatic nitrogens is 1. The average Bonchev–Trinajstić information content (AvgIpc) is 2.78. The summed E-state index contributed by atoms with van der Waals surface area (Å²) < 4.78 is 105. The van der Waals surface area contributed by atoms with Gasteiger partial charge in [-0.3, -0.25) is 10.3 Å². The number of carbonyl (C=O) groups excluding carboxylic acids is 1. The van der Waals surface area contributed by atoms with E-state index in [2.05, 4.69) is 20.0 Å². The highest BCUT2D eigenvalue weighted by Crippen LogP contribution is 2.38. The Kier molecular flexibility index (Phi) is 5.00. The summed E-state index contributed by atoms with van der Waals surface area (Å²) in [7, 11) is -5.70. The minimum Gasteiger partial charge on any atom is -0.495 e. The van der Waals surface area contributed by atoms with Gasteiger partial charge in [-0.1, -0.05) is 0 Å². The number of aliphatic imine (C=N–C) groups is 1. The number of nitrogens with two attached hydrogens (primary N) is 1. The number of hydrogen-bond acceptors (Lipinski definition) is 8. The standard InChI is InChI=1S/C20H21F3N4O5/c1-29-8-11-5-13(30-2)7-25-17(11)32-19(28)26-12-3-4-15(21)14(6-12)20(18(22)23)10-31-9-16(24)27-20/h3-7,18H,8-10H2,1-2H3,(H2,24,27)(H,26,28)/t20-/m0/s1/i1D3,2D3. The lowest BCUT2D eigenvalue weighted by Crippen LogP contribution is -2.45. The first kappa shape index (κ1) is 16.3. The van der Waals surface area contributed by atoms with Crippen molar-refractivity contribution in [2.45, 2.75) is 18.6 Å². The molecule has 3 N–H and O–H groups in total. The van der Waals surface area contributed by atoms with Gasteiger partial charge in [-0.05, 0) is 24.3 Å². The highest BCUT2D eigenvalue weighted by Gasteiger charge is 2.46. The maximum absolute atomic E-state index is 14.6. The van der Waals surface area contributed by atoms with Gasteiger partial charge in [-0.15, -0.1) is 0 Å². The van der Waals surface area contributed by atoms with Crippen molar-refractivity contribution >= 4 is 17.6 Å². The third-order valence-electron chi connectivity index (χ3n) is 4.39. The Bertz CT molecular complexity index is 1210. The number of nitrogens with one attached hydrogen (secondary N) is 1. The molecule has 12 heteroatoms. The minimum absolute atomic E-state index is 0.168. The van der Waals surface area contributed by atoms with E-state index in [-0.39, 0.29) is 29.4 Å². The number of ether oxygens (including phenoxy) is 4. The van der Waals surface area contributed by atoms with Crippen molar-refractivity contribution in [2.75, 3.05) is 32.6 Å². The van der Waals surface area contributed by atoms with Gasteiger partial charge < -0.3 is 24.7 Å². The van der Waals surface area contributed by atoms with Gasteiger partial charge in [0.15, 0.2) is 5.54 Å². The van der Waals surface area contributed by atoms with Gasteiger partial charge in [0.05, 0.1) is 34.7 Å². The smallest absolute Gasteiger partial charge is 0.418 e. The second-order valence-corrected chi connectivity index (χ2v) is 6.56. The van der Waals surface area contributed by atoms with Crippen molar-refractivity contribution in [1.82, 2.24) is 4.98 Å². The van der Waals surface area contributed by atoms with Crippen molar-refractivity contribution in [2.24, 2.45) is 10.7 Å². The lowest BCUT2D eigenvalue weighted by Gasteiger charge is -2.33. The van der Waals surface area contributed by atoms with Crippen LogP contribution < -0.4 is 20.5 Å². The molecule has 0 fully saturated rings. The molecular formula is C20H21F3N4O5. The van der Waals surface area contributed by atoms with Crippen LogP contribution in [0.1, 0.15) is 19.4 Å². The van der Waals surface area contributed by atoms with Gasteiger partial charge >= 0.3 is 6.09 Å². The van der Waals surface area contributed by atoms with E-state index in [9.17, 15) is 18.0 Å². The first-order valence-electron chi connectivity index (χ1n) is 11.9. The Hall–Kier alpha value is -3.38. The number of methoxy groups -OCH3 is 2. The van der Waals surface area contributed by atoms with Crippen LogP contribution in [-0.2, 0) is 21.6 Å². The fourth-order valence-corrected chi connectivity index (χ4v) is 2.97. The van der Waals surface area contributed by atoms with E-state index in [0.717, 1.165) is 30.5 Å². The number of benzene rings is 1. The van der Waals surface area contributed by atoms with Crippen LogP contribution >= 0.6 is 0 Å². The summed E-state index contributed by atoms with van der Waals surface area (Å²) >= 11 is 0. The number of alkyl halides is 2. The maximum atomic E-state index is 14.6. The molecule has 0 radical (unpaired) electrons. The van der Waals surface area contributed by atoms with Gasteiger partial charge in [-0.2, -0.15) is 0 Å². The van der Waals surface area contributed by atoms with Crippen LogP contribution in [0.2, 0.25) is 0 Å². The summed E-state index contributed by atoms with van der Waals surface area (Å²) in [6.07, 6.45) is -3.54. The molecule has 1 aromatic carbocycles. The summed E-state index contributed by atoms with van der Waals surface area (Å²) in [6.45, 7) is -1.56. The molecule has 1 aromatic heterocycles. The Labute approximate surface area is 189 Å². The number of pyridine rings is 1. The zero-order chi connectivity index (χ0) is 28.3. The number of nitrogens with zero attached hydrogens (tertiary/aromatic N) is 2. The van der Waals surface area contributed by atoms with Gasteiger partial charge in [0, 0.05) is 23.9 Å². The highest BCUT2D eigenvalue weighted by molar-refractivity contribution is 5.86. The third-order valence-corrected chi connectivity index (χ3v) is 4.39. The normalized spacial score (nSPS) is 21.8. The van der Waals surface area contributed by atoms with Crippen molar-refractivity contribution in [3.63, 3.8) is 0 Å². The quantitative estimate of drug-likeness (QED) is 0.652. The fraction of sp³-hybridized carbons (Fsp3) is 0.350. The number of amidine groups is 1. The van der Waals surface area contributed by atoms with Crippen molar-refractivity contribution in [3.8, 4) is 11.6 Å². The van der Waals surface area contributed by atoms with Gasteiger partial charge in [0.25, 0.3) is 6.43 Å². The van der Waals surface area contributed by atoms with Crippen LogP contribution in [0.4, 0.5) is 23.7 Å². The second-order valence-electron chi connectivity index (χ2n) is 6.56. The summed E-state index contributed by atoms with van der Waals surface area (Å²) in [5.41, 5.74) is 2.15. The molecule has 0 saturated carbocycles. The molecule has 0 unspecified atom stereocenters. The lowest BCUT2D eigenvalue weighted by atomic mass is 9.90. The molecule has 3 rings (SSSR count). The van der Waals surface area contributed by atoms with Crippen molar-refractivity contribution < 1.29 is 45.1 Å². The first-order valence-corrected chi connectivity index (χ1v) is 8.89. The Morgan fingerprint density at radius 1 is 1.41 bits per heavy atom. The Morgan fingerprint density at radius 2 is 2.25 bits per heavy atom. The van der Waals surface area contributed by atoms with E-state index in [4.69, 9.17) is 28.2 Å². The van der Waals surface area contributed by atoms with E-state index >= 15 is 0 Å². The van der Waals surface area contributed by atoms with Gasteiger partial charge in [0.2, 0.25) is 5.88 Å². The van der Waals surface area contributed by atoms with Crippen LogP contribution in [0.5, 0.6) is 11.6 Å². The molecule has 172 valence electrons. The zero-order valence-corrected chi connectivity index (χ0v) is 16.2. The summed E-state index contributed by atoms with van der Waals surface area (Å²) in [5, 5.41) is 2.21. The monoisotopic (exact) mass is 460 g/mol. The number of carbonyl (C=O) groups is 1. The topological polar surface area (TPSA) is 117 Å². The molecule has 0 aliphatic carbocycles. The van der Waals surface area contributed by atoms with E-state index in [1.807, 2.05) is 0 Å². The number of rotatable bonds is 7. The molecule has 2 aromatic rings. The lowest BCUT2D eigenvalue weighted by molar-refractivity contribution is -0.0145. The van der Waals surface area contributed by atoms with E-state index < -0.39 is 62.6 Å². The van der Waals surface area contributed by atoms with Crippen molar-refractivity contribution in [3.05, 3.63) is 47.4 Å². The fourth-order valence-electron chi connectivity index (χ4n) is 2.97. The first-order chi connectivity index (χ1) is 17.6. The molecule has 1 aliphatic heterocycles. The average molecular weight is 460 g/mol. The van der Waals surface area contributed by atoms with Gasteiger partial charge in [-0.25, -0.2) is 22.9 Å². The van der Waals surface area contributed by atoms with Crippen LogP contribution in [0.3, 0.4) is 0 Å². The zero-order valence-electron chi connectivity index (χ0n) is 22.2. The number of amides is 1. The third kappa shape index (κ3) is 4.92. The van der Waals surface area contributed by atoms with E-state index in [0.29, 0.717) is 0 Å². The maximum Gasteiger partial charge on any atom is 0.418 e. The predicted molar refractivity (Wildman–Crippen MR) is 108 cm³/mol. The van der Waals surface area contributed by atoms with E-state index in [1.165, 1.54) is 0 Å². The van der Waals surface area contributed by atoms with Crippen LogP contribution in [0.25, 0.3) is 0 Å². The van der Waals surface area contributed by atoms with E-state index in [1.54, 1.807) is 0 Å². The van der Waals surface area contributed by atoms with Crippen LogP contribution in [0, 0.1) is 5.82 Å². The Morgan fingerprint density at radius 3 is 2.97 bits per heavy atom. The molecule has 32 heavy (non-hydrogen) atoms. The molecule has 9 nitrogen and oxygen atoms in total. The van der Waals surface area contributed by atoms with Crippen LogP contribution in [0.15, 0.2) is 35.5 Å². The summed E-state index contributed by atoms with van der Waals surface area (Å²) in [5.74, 6) is -2.09. The molecular weight excluding hydrogens is 433 g/mol. The number of halogens is 3. The van der Waals surface area contributed by atoms with Gasteiger partial charge in [0.1, 0.15) is 24.0 Å². The van der Waals surface area contributed by atoms with Crippen LogP contribution in [-0.4, -0.2) is 50.6 Å². The predicted octanol–water partition coefficient (Wildman–Crippen LogP) is 2.83. The molecule has 1 atom stereocenters. The van der Waals surface area contributed by atoms with Crippen molar-refractivity contribution in [1.29, 1.82) is 0 Å². The SMILES string of the molecule is [2H]C([2H])([2H])OCc1cc(OC([2H])([2H])[2H])cnc1OC(=O)Nc1ccc(F)c([C@]2(C(F)F)COCC(N)=N2)c1. The summed E-state index contributed by atoms with van der Waals surface area (Å²) in [4.78, 5) is 20.0. The Balaban J connectivity index is 1.85. The molecule has 1 amide bonds. The number of hydrogen-bond donors (Lipinski definition) is 2. The second kappa shape index (κ2) is 9.83. The summed E-state index contributed by atoms with van der Waals surface area (Å²) in [6, 6.07) is 3.84. The highest BCUT2D eigenvalue weighted by atomic mass is 19.3.